The van der Waals surface area contributed by atoms with Gasteiger partial charge in [-0.1, -0.05) is 42.5 Å². The Morgan fingerprint density at radius 3 is 2.26 bits per heavy atom. The van der Waals surface area contributed by atoms with Gasteiger partial charge < -0.3 is 15.8 Å². The molecule has 0 aliphatic rings. The van der Waals surface area contributed by atoms with Gasteiger partial charge in [-0.2, -0.15) is 0 Å². The molecule has 2 aromatic rings. The van der Waals surface area contributed by atoms with Crippen LogP contribution in [-0.2, 0) is 4.74 Å². The van der Waals surface area contributed by atoms with E-state index in [0.29, 0.717) is 13.2 Å². The van der Waals surface area contributed by atoms with Gasteiger partial charge in [0, 0.05) is 25.4 Å². The highest BCUT2D eigenvalue weighted by atomic mass is 16.5. The van der Waals surface area contributed by atoms with E-state index >= 15 is 0 Å². The van der Waals surface area contributed by atoms with Crippen molar-refractivity contribution in [3.05, 3.63) is 54.6 Å². The molecule has 3 N–H and O–H groups in total. The van der Waals surface area contributed by atoms with Crippen molar-refractivity contribution in [3.63, 3.8) is 0 Å². The second-order valence-electron chi connectivity index (χ2n) is 4.54. The quantitative estimate of drug-likeness (QED) is 0.835. The molecule has 2 rings (SSSR count). The van der Waals surface area contributed by atoms with Gasteiger partial charge in [-0.25, -0.2) is 0 Å². The van der Waals surface area contributed by atoms with E-state index in [2.05, 4.69) is 41.7 Å². The zero-order valence-electron chi connectivity index (χ0n) is 11.2. The Hall–Kier alpha value is -1.84. The van der Waals surface area contributed by atoms with Gasteiger partial charge in [-0.3, -0.25) is 0 Å². The molecule has 2 aromatic carbocycles. The Morgan fingerprint density at radius 1 is 1.00 bits per heavy atom. The van der Waals surface area contributed by atoms with Crippen LogP contribution >= 0.6 is 0 Å². The second kappa shape index (κ2) is 6.92. The number of nitrogens with two attached hydrogens (primary N) is 1. The Balaban J connectivity index is 1.95. The second-order valence-corrected chi connectivity index (χ2v) is 4.54. The minimum absolute atomic E-state index is 0.0128. The molecule has 0 heterocycles. The Morgan fingerprint density at radius 2 is 1.63 bits per heavy atom. The lowest BCUT2D eigenvalue weighted by Crippen LogP contribution is -2.33. The molecule has 0 aromatic heterocycles. The number of hydrogen-bond acceptors (Lipinski definition) is 3. The highest BCUT2D eigenvalue weighted by Crippen LogP contribution is 2.20. The minimum Gasteiger partial charge on any atom is -0.383 e. The fourth-order valence-corrected chi connectivity index (χ4v) is 1.93. The SMILES string of the molecule is COCC(N)CNc1ccc(-c2ccccc2)cc1. The van der Waals surface area contributed by atoms with E-state index in [1.54, 1.807) is 7.11 Å². The first kappa shape index (κ1) is 13.6. The van der Waals surface area contributed by atoms with Gasteiger partial charge in [0.05, 0.1) is 6.61 Å². The number of ether oxygens (including phenoxy) is 1. The monoisotopic (exact) mass is 256 g/mol. The normalized spacial score (nSPS) is 12.1. The molecule has 0 saturated heterocycles. The van der Waals surface area contributed by atoms with Gasteiger partial charge in [0.2, 0.25) is 0 Å². The van der Waals surface area contributed by atoms with Gasteiger partial charge in [0.1, 0.15) is 0 Å². The summed E-state index contributed by atoms with van der Waals surface area (Å²) in [5.41, 5.74) is 9.38. The van der Waals surface area contributed by atoms with Crippen LogP contribution in [0.4, 0.5) is 5.69 Å². The standard InChI is InChI=1S/C16H20N2O/c1-19-12-15(17)11-18-16-9-7-14(8-10-16)13-5-3-2-4-6-13/h2-10,15,18H,11-12,17H2,1H3. The summed E-state index contributed by atoms with van der Waals surface area (Å²) in [6, 6.07) is 18.7. The van der Waals surface area contributed by atoms with Crippen molar-refractivity contribution < 1.29 is 4.74 Å². The first-order valence-corrected chi connectivity index (χ1v) is 6.43. The molecule has 0 spiro atoms. The maximum absolute atomic E-state index is 5.87. The van der Waals surface area contributed by atoms with E-state index in [1.165, 1.54) is 11.1 Å². The average molecular weight is 256 g/mol. The Kier molecular flexibility index (Phi) is 4.95. The van der Waals surface area contributed by atoms with Crippen molar-refractivity contribution in [1.82, 2.24) is 0 Å². The van der Waals surface area contributed by atoms with Crippen molar-refractivity contribution in [3.8, 4) is 11.1 Å². The molecule has 100 valence electrons. The predicted molar refractivity (Wildman–Crippen MR) is 80.2 cm³/mol. The van der Waals surface area contributed by atoms with Crippen LogP contribution in [-0.4, -0.2) is 26.3 Å². The van der Waals surface area contributed by atoms with Crippen LogP contribution in [0.2, 0.25) is 0 Å². The molecule has 0 saturated carbocycles. The Labute approximate surface area is 114 Å². The van der Waals surface area contributed by atoms with Gasteiger partial charge in [-0.15, -0.1) is 0 Å². The summed E-state index contributed by atoms with van der Waals surface area (Å²) in [6.45, 7) is 1.27. The van der Waals surface area contributed by atoms with E-state index in [-0.39, 0.29) is 6.04 Å². The van der Waals surface area contributed by atoms with Crippen LogP contribution < -0.4 is 11.1 Å². The van der Waals surface area contributed by atoms with Gasteiger partial charge in [-0.05, 0) is 23.3 Å². The number of rotatable bonds is 6. The summed E-state index contributed by atoms with van der Waals surface area (Å²) in [5, 5.41) is 3.30. The lowest BCUT2D eigenvalue weighted by Gasteiger charge is -2.13. The molecule has 0 amide bonds. The zero-order valence-corrected chi connectivity index (χ0v) is 11.2. The number of hydrogen-bond donors (Lipinski definition) is 2. The molecule has 0 aliphatic carbocycles. The summed E-state index contributed by atoms with van der Waals surface area (Å²) in [7, 11) is 1.66. The van der Waals surface area contributed by atoms with E-state index in [9.17, 15) is 0 Å². The fourth-order valence-electron chi connectivity index (χ4n) is 1.93. The van der Waals surface area contributed by atoms with Crippen LogP contribution in [0.5, 0.6) is 0 Å². The molecule has 0 radical (unpaired) electrons. The minimum atomic E-state index is 0.0128. The summed E-state index contributed by atoms with van der Waals surface area (Å²) < 4.78 is 5.00. The number of benzene rings is 2. The molecule has 1 unspecified atom stereocenters. The van der Waals surface area contributed by atoms with Crippen molar-refractivity contribution in [2.45, 2.75) is 6.04 Å². The smallest absolute Gasteiger partial charge is 0.0630 e. The number of nitrogens with one attached hydrogen (secondary N) is 1. The highest BCUT2D eigenvalue weighted by Gasteiger charge is 2.01. The third-order valence-electron chi connectivity index (χ3n) is 2.94. The van der Waals surface area contributed by atoms with Gasteiger partial charge in [0.25, 0.3) is 0 Å². The first-order chi connectivity index (χ1) is 9.29. The largest absolute Gasteiger partial charge is 0.383 e. The van der Waals surface area contributed by atoms with E-state index in [1.807, 2.05) is 18.2 Å². The molecule has 0 aliphatic heterocycles. The molecule has 0 bridgehead atoms. The average Bonchev–Trinajstić information content (AvgIpc) is 2.47. The van der Waals surface area contributed by atoms with Crippen molar-refractivity contribution in [2.75, 3.05) is 25.6 Å². The lowest BCUT2D eigenvalue weighted by molar-refractivity contribution is 0.183. The molecule has 19 heavy (non-hydrogen) atoms. The fraction of sp³-hybridized carbons (Fsp3) is 0.250. The van der Waals surface area contributed by atoms with Crippen LogP contribution in [0, 0.1) is 0 Å². The Bertz CT molecular complexity index is 482. The molecule has 3 heteroatoms. The summed E-state index contributed by atoms with van der Waals surface area (Å²) in [4.78, 5) is 0. The van der Waals surface area contributed by atoms with E-state index < -0.39 is 0 Å². The lowest BCUT2D eigenvalue weighted by atomic mass is 10.1. The van der Waals surface area contributed by atoms with Crippen LogP contribution in [0.15, 0.2) is 54.6 Å². The molecule has 3 nitrogen and oxygen atoms in total. The maximum Gasteiger partial charge on any atom is 0.0630 e. The van der Waals surface area contributed by atoms with Crippen LogP contribution in [0.25, 0.3) is 11.1 Å². The summed E-state index contributed by atoms with van der Waals surface area (Å²) >= 11 is 0. The van der Waals surface area contributed by atoms with Crippen LogP contribution in [0.3, 0.4) is 0 Å². The van der Waals surface area contributed by atoms with E-state index in [0.717, 1.165) is 5.69 Å². The zero-order chi connectivity index (χ0) is 13.5. The molecular weight excluding hydrogens is 236 g/mol. The predicted octanol–water partition coefficient (Wildman–Crippen LogP) is 2.74. The summed E-state index contributed by atoms with van der Waals surface area (Å²) in [5.74, 6) is 0. The topological polar surface area (TPSA) is 47.3 Å². The van der Waals surface area contributed by atoms with E-state index in [4.69, 9.17) is 10.5 Å². The van der Waals surface area contributed by atoms with Gasteiger partial charge in [0.15, 0.2) is 0 Å². The maximum atomic E-state index is 5.87. The third kappa shape index (κ3) is 4.09. The first-order valence-electron chi connectivity index (χ1n) is 6.43. The van der Waals surface area contributed by atoms with Crippen LogP contribution in [0.1, 0.15) is 0 Å². The number of anilines is 1. The molecule has 1 atom stereocenters. The van der Waals surface area contributed by atoms with Crippen molar-refractivity contribution in [2.24, 2.45) is 5.73 Å². The van der Waals surface area contributed by atoms with Gasteiger partial charge >= 0.3 is 0 Å². The third-order valence-corrected chi connectivity index (χ3v) is 2.94. The molecular formula is C16H20N2O. The number of methoxy groups -OCH3 is 1. The summed E-state index contributed by atoms with van der Waals surface area (Å²) in [6.07, 6.45) is 0. The highest BCUT2D eigenvalue weighted by molar-refractivity contribution is 5.65. The van der Waals surface area contributed by atoms with Crippen molar-refractivity contribution >= 4 is 5.69 Å². The molecule has 0 fully saturated rings. The van der Waals surface area contributed by atoms with Crippen molar-refractivity contribution in [1.29, 1.82) is 0 Å².